The summed E-state index contributed by atoms with van der Waals surface area (Å²) < 4.78 is 21.1. The highest BCUT2D eigenvalue weighted by molar-refractivity contribution is 5.90. The van der Waals surface area contributed by atoms with Crippen molar-refractivity contribution in [1.82, 2.24) is 0 Å². The van der Waals surface area contributed by atoms with Crippen molar-refractivity contribution in [2.45, 2.75) is 18.8 Å². The summed E-state index contributed by atoms with van der Waals surface area (Å²) in [4.78, 5) is 11.9. The summed E-state index contributed by atoms with van der Waals surface area (Å²) in [6.07, 6.45) is -0.902. The molecule has 0 bridgehead atoms. The molecule has 1 aliphatic rings. The van der Waals surface area contributed by atoms with Gasteiger partial charge in [0.15, 0.2) is 0 Å². The number of rotatable bonds is 6. The van der Waals surface area contributed by atoms with Crippen LogP contribution in [0.25, 0.3) is 10.8 Å². The van der Waals surface area contributed by atoms with Crippen LogP contribution in [0, 0.1) is 11.3 Å². The van der Waals surface area contributed by atoms with E-state index in [1.807, 2.05) is 54.6 Å². The lowest BCUT2D eigenvalue weighted by molar-refractivity contribution is 0.0454. The maximum atomic E-state index is 11.9. The number of carbonyl (C=O) groups is 1. The van der Waals surface area contributed by atoms with Crippen molar-refractivity contribution in [2.75, 3.05) is 13.7 Å². The average Bonchev–Trinajstić information content (AvgIpc) is 3.55. The lowest BCUT2D eigenvalue weighted by Gasteiger charge is -2.09. The summed E-state index contributed by atoms with van der Waals surface area (Å²) in [5.74, 6) is 0.531. The second-order valence-corrected chi connectivity index (χ2v) is 6.67. The van der Waals surface area contributed by atoms with Crippen molar-refractivity contribution in [2.24, 2.45) is 0 Å². The molecule has 3 aromatic carbocycles. The van der Waals surface area contributed by atoms with Gasteiger partial charge in [-0.1, -0.05) is 48.5 Å². The quantitative estimate of drug-likeness (QED) is 0.456. The summed E-state index contributed by atoms with van der Waals surface area (Å²) in [6.45, 7) is 0.234. The number of epoxide rings is 1. The number of carbonyl (C=O) groups excluding carboxylic acids is 1. The predicted octanol–water partition coefficient (Wildman–Crippen LogP) is 4.51. The van der Waals surface area contributed by atoms with Gasteiger partial charge in [0, 0.05) is 5.39 Å². The monoisotopic (exact) mass is 389 g/mol. The van der Waals surface area contributed by atoms with Gasteiger partial charge in [-0.2, -0.15) is 5.26 Å². The third-order valence-corrected chi connectivity index (χ3v) is 4.81. The fourth-order valence-electron chi connectivity index (χ4n) is 3.27. The molecule has 3 aromatic rings. The van der Waals surface area contributed by atoms with Crippen LogP contribution in [-0.2, 0) is 20.8 Å². The highest BCUT2D eigenvalue weighted by Crippen LogP contribution is 2.38. The number of benzene rings is 3. The van der Waals surface area contributed by atoms with E-state index in [0.29, 0.717) is 11.3 Å². The molecule has 2 unspecified atom stereocenters. The van der Waals surface area contributed by atoms with Gasteiger partial charge < -0.3 is 18.9 Å². The van der Waals surface area contributed by atoms with Gasteiger partial charge in [-0.25, -0.2) is 4.79 Å². The van der Waals surface area contributed by atoms with Crippen molar-refractivity contribution in [3.8, 4) is 11.8 Å². The summed E-state index contributed by atoms with van der Waals surface area (Å²) in [5.41, 5.74) is 2.35. The topological polar surface area (TPSA) is 81.1 Å². The zero-order valence-corrected chi connectivity index (χ0v) is 15.8. The number of nitrogens with zero attached hydrogens (tertiary/aromatic N) is 1. The Morgan fingerprint density at radius 1 is 1.10 bits per heavy atom. The van der Waals surface area contributed by atoms with Gasteiger partial charge in [-0.05, 0) is 28.6 Å². The molecule has 6 nitrogen and oxygen atoms in total. The maximum absolute atomic E-state index is 11.9. The van der Waals surface area contributed by atoms with Gasteiger partial charge in [-0.15, -0.1) is 0 Å². The molecule has 146 valence electrons. The Balaban J connectivity index is 1.30. The lowest BCUT2D eigenvalue weighted by Crippen LogP contribution is -2.12. The largest absolute Gasteiger partial charge is 0.508 e. The molecule has 1 fully saturated rings. The Labute approximate surface area is 168 Å². The van der Waals surface area contributed by atoms with Crippen LogP contribution >= 0.6 is 0 Å². The van der Waals surface area contributed by atoms with Crippen molar-refractivity contribution in [1.29, 1.82) is 5.26 Å². The normalized spacial score (nSPS) is 17.4. The summed E-state index contributed by atoms with van der Waals surface area (Å²) in [7, 11) is 1.53. The Hall–Kier alpha value is -3.56. The van der Waals surface area contributed by atoms with E-state index >= 15 is 0 Å². The zero-order valence-electron chi connectivity index (χ0n) is 15.8. The van der Waals surface area contributed by atoms with E-state index < -0.39 is 6.16 Å². The second kappa shape index (κ2) is 8.21. The molecule has 0 spiro atoms. The maximum Gasteiger partial charge on any atom is 0.508 e. The number of nitriles is 1. The van der Waals surface area contributed by atoms with E-state index in [4.69, 9.17) is 18.9 Å². The summed E-state index contributed by atoms with van der Waals surface area (Å²) in [5, 5.41) is 11.0. The number of hydrogen-bond donors (Lipinski definition) is 0. The summed E-state index contributed by atoms with van der Waals surface area (Å²) >= 11 is 0. The van der Waals surface area contributed by atoms with Gasteiger partial charge in [0.05, 0.1) is 7.11 Å². The van der Waals surface area contributed by atoms with E-state index in [-0.39, 0.29) is 25.4 Å². The van der Waals surface area contributed by atoms with Crippen molar-refractivity contribution < 1.29 is 23.7 Å². The minimum absolute atomic E-state index is 0.0317. The minimum Gasteiger partial charge on any atom is -0.495 e. The first kappa shape index (κ1) is 18.8. The number of fused-ring (bicyclic) bond motifs is 1. The van der Waals surface area contributed by atoms with Crippen LogP contribution in [0.3, 0.4) is 0 Å². The molecule has 0 N–H and O–H groups in total. The molecule has 0 aliphatic carbocycles. The number of ether oxygens (including phenoxy) is 4. The highest BCUT2D eigenvalue weighted by atomic mass is 16.7. The van der Waals surface area contributed by atoms with Gasteiger partial charge in [0.1, 0.15) is 42.8 Å². The van der Waals surface area contributed by atoms with E-state index in [2.05, 4.69) is 6.07 Å². The highest BCUT2D eigenvalue weighted by Gasteiger charge is 2.41. The molecule has 0 radical (unpaired) electrons. The second-order valence-electron chi connectivity index (χ2n) is 6.67. The molecule has 6 heteroatoms. The Morgan fingerprint density at radius 3 is 2.69 bits per heavy atom. The first-order chi connectivity index (χ1) is 14.2. The molecule has 0 saturated carbocycles. The van der Waals surface area contributed by atoms with Gasteiger partial charge >= 0.3 is 6.16 Å². The van der Waals surface area contributed by atoms with Crippen molar-refractivity contribution in [3.05, 3.63) is 77.4 Å². The molecule has 1 aliphatic heterocycles. The van der Waals surface area contributed by atoms with Crippen LogP contribution in [0.1, 0.15) is 22.8 Å². The Morgan fingerprint density at radius 2 is 1.93 bits per heavy atom. The van der Waals surface area contributed by atoms with Crippen LogP contribution in [0.2, 0.25) is 0 Å². The van der Waals surface area contributed by atoms with E-state index in [1.165, 1.54) is 7.11 Å². The van der Waals surface area contributed by atoms with Crippen LogP contribution in [0.4, 0.5) is 4.79 Å². The van der Waals surface area contributed by atoms with Gasteiger partial charge in [0.2, 0.25) is 0 Å². The van der Waals surface area contributed by atoms with E-state index in [0.717, 1.165) is 21.9 Å². The Kier molecular flexibility index (Phi) is 5.32. The van der Waals surface area contributed by atoms with E-state index in [1.54, 1.807) is 6.07 Å². The Bertz CT molecular complexity index is 1070. The SMILES string of the molecule is COc1ccc2cc(COC(=O)OCC3OC3c3ccccc3)ccc2c1C#N. The van der Waals surface area contributed by atoms with Crippen LogP contribution in [0.15, 0.2) is 60.7 Å². The molecule has 0 aromatic heterocycles. The molecule has 0 amide bonds. The van der Waals surface area contributed by atoms with Crippen LogP contribution < -0.4 is 4.74 Å². The molecule has 2 atom stereocenters. The molecule has 1 heterocycles. The van der Waals surface area contributed by atoms with Crippen molar-refractivity contribution in [3.63, 3.8) is 0 Å². The minimum atomic E-state index is -0.736. The van der Waals surface area contributed by atoms with Crippen LogP contribution in [0.5, 0.6) is 5.75 Å². The standard InChI is InChI=1S/C23H19NO5/c1-26-20-10-8-17-11-15(7-9-18(17)19(20)12-24)13-27-23(25)28-14-21-22(29-21)16-5-3-2-4-6-16/h2-11,21-22H,13-14H2,1H3. The van der Waals surface area contributed by atoms with Crippen molar-refractivity contribution >= 4 is 16.9 Å². The lowest BCUT2D eigenvalue weighted by atomic mass is 10.0. The third kappa shape index (κ3) is 4.15. The first-order valence-corrected chi connectivity index (χ1v) is 9.19. The first-order valence-electron chi connectivity index (χ1n) is 9.19. The summed E-state index contributed by atoms with van der Waals surface area (Å²) in [6, 6.07) is 21.1. The smallest absolute Gasteiger partial charge is 0.495 e. The van der Waals surface area contributed by atoms with E-state index in [9.17, 15) is 10.1 Å². The molecular weight excluding hydrogens is 370 g/mol. The van der Waals surface area contributed by atoms with Gasteiger partial charge in [0.25, 0.3) is 0 Å². The molecular formula is C23H19NO5. The molecule has 1 saturated heterocycles. The fourth-order valence-corrected chi connectivity index (χ4v) is 3.27. The third-order valence-electron chi connectivity index (χ3n) is 4.81. The van der Waals surface area contributed by atoms with Crippen LogP contribution in [-0.4, -0.2) is 26.0 Å². The molecule has 4 rings (SSSR count). The number of hydrogen-bond acceptors (Lipinski definition) is 6. The molecule has 29 heavy (non-hydrogen) atoms. The van der Waals surface area contributed by atoms with Gasteiger partial charge in [-0.3, -0.25) is 0 Å². The number of methoxy groups -OCH3 is 1. The fraction of sp³-hybridized carbons (Fsp3) is 0.217. The predicted molar refractivity (Wildman–Crippen MR) is 105 cm³/mol. The average molecular weight is 389 g/mol. The zero-order chi connectivity index (χ0) is 20.2.